The fourth-order valence-electron chi connectivity index (χ4n) is 5.49. The summed E-state index contributed by atoms with van der Waals surface area (Å²) in [6.07, 6.45) is -1.85. The number of carbonyl (C=O) groups is 3. The van der Waals surface area contributed by atoms with E-state index in [-0.39, 0.29) is 18.9 Å². The maximum Gasteiger partial charge on any atom is 0.416 e. The van der Waals surface area contributed by atoms with Gasteiger partial charge >= 0.3 is 18.2 Å². The molecule has 3 aromatic carbocycles. The molecule has 1 aliphatic carbocycles. The lowest BCUT2D eigenvalue weighted by Crippen LogP contribution is -2.46. The van der Waals surface area contributed by atoms with Crippen LogP contribution in [0.15, 0.2) is 72.8 Å². The Bertz CT molecular complexity index is 1570. The number of hydrogen-bond donors (Lipinski definition) is 2. The lowest BCUT2D eigenvalue weighted by atomic mass is 9.98. The van der Waals surface area contributed by atoms with Crippen molar-refractivity contribution in [1.82, 2.24) is 9.88 Å². The lowest BCUT2D eigenvalue weighted by molar-refractivity contribution is -0.157. The predicted octanol–water partition coefficient (Wildman–Crippen LogP) is 6.27. The molecular weight excluding hydrogens is 508 g/mol. The third-order valence-electron chi connectivity index (χ3n) is 7.17. The molecule has 0 aliphatic heterocycles. The highest BCUT2D eigenvalue weighted by atomic mass is 16.6. The van der Waals surface area contributed by atoms with Crippen molar-refractivity contribution >= 4 is 29.1 Å². The molecule has 2 N–H and O–H groups in total. The van der Waals surface area contributed by atoms with E-state index in [1.54, 1.807) is 52.0 Å². The van der Waals surface area contributed by atoms with Crippen LogP contribution in [0.2, 0.25) is 0 Å². The Balaban J connectivity index is 1.39. The average Bonchev–Trinajstić information content (AvgIpc) is 3.37. The first-order chi connectivity index (χ1) is 19.0. The molecule has 5 rings (SSSR count). The number of benzene rings is 3. The monoisotopic (exact) mass is 540 g/mol. The second kappa shape index (κ2) is 10.5. The van der Waals surface area contributed by atoms with Crippen molar-refractivity contribution in [3.05, 3.63) is 95.2 Å². The Hall–Kier alpha value is -4.59. The number of amides is 1. The van der Waals surface area contributed by atoms with Gasteiger partial charge < -0.3 is 19.9 Å². The van der Waals surface area contributed by atoms with E-state index in [0.717, 1.165) is 22.3 Å². The van der Waals surface area contributed by atoms with E-state index in [9.17, 15) is 19.5 Å². The van der Waals surface area contributed by atoms with E-state index < -0.39 is 29.8 Å². The molecule has 1 atom stereocenters. The van der Waals surface area contributed by atoms with Crippen molar-refractivity contribution in [3.8, 4) is 11.1 Å². The highest BCUT2D eigenvalue weighted by molar-refractivity contribution is 5.94. The zero-order chi connectivity index (χ0) is 28.6. The molecule has 0 saturated heterocycles. The minimum absolute atomic E-state index is 0.0335. The quantitative estimate of drug-likeness (QED) is 0.279. The number of alkyl carbamates (subject to hydrolysis) is 1. The van der Waals surface area contributed by atoms with Gasteiger partial charge in [0, 0.05) is 23.4 Å². The molecule has 1 unspecified atom stereocenters. The van der Waals surface area contributed by atoms with Crippen LogP contribution in [0.1, 0.15) is 49.1 Å². The van der Waals surface area contributed by atoms with Gasteiger partial charge in [-0.2, -0.15) is 0 Å². The summed E-state index contributed by atoms with van der Waals surface area (Å²) in [6, 6.07) is 22.1. The number of fused-ring (bicyclic) bond motifs is 4. The summed E-state index contributed by atoms with van der Waals surface area (Å²) in [5.74, 6) is -0.763. The Morgan fingerprint density at radius 2 is 1.50 bits per heavy atom. The highest BCUT2D eigenvalue weighted by Crippen LogP contribution is 2.44. The normalized spacial score (nSPS) is 13.4. The summed E-state index contributed by atoms with van der Waals surface area (Å²) >= 11 is 0. The number of para-hydroxylation sites is 1. The minimum Gasteiger partial charge on any atom is -0.464 e. The third-order valence-corrected chi connectivity index (χ3v) is 7.17. The van der Waals surface area contributed by atoms with Gasteiger partial charge in [0.05, 0.1) is 5.52 Å². The highest BCUT2D eigenvalue weighted by Gasteiger charge is 2.32. The molecule has 1 aromatic heterocycles. The summed E-state index contributed by atoms with van der Waals surface area (Å²) in [6.45, 7) is 7.02. The van der Waals surface area contributed by atoms with E-state index >= 15 is 0 Å². The standard InChI is InChI=1S/C32H32N2O6/c1-19-25(24-15-9-10-16-28(24)34(19)31(37)38)17-27(29(35)40-32(2,3)4)33-30(36)39-18-26-22-13-7-5-11-20(22)21-12-6-8-14-23(21)26/h5-16,26-27H,17-18H2,1-4H3,(H,33,36)(H,37,38). The molecule has 1 aliphatic rings. The van der Waals surface area contributed by atoms with Crippen LogP contribution in [-0.4, -0.2) is 46.1 Å². The van der Waals surface area contributed by atoms with Crippen LogP contribution >= 0.6 is 0 Å². The summed E-state index contributed by atoms with van der Waals surface area (Å²) in [5.41, 5.74) is 5.21. The van der Waals surface area contributed by atoms with Crippen LogP contribution in [-0.2, 0) is 20.7 Å². The first-order valence-corrected chi connectivity index (χ1v) is 13.2. The SMILES string of the molecule is Cc1c(CC(NC(=O)OCC2c3ccccc3-c3ccccc32)C(=O)OC(C)(C)C)c2ccccc2n1C(=O)O. The topological polar surface area (TPSA) is 107 Å². The molecule has 1 amide bonds. The van der Waals surface area contributed by atoms with Gasteiger partial charge in [-0.25, -0.2) is 19.0 Å². The Morgan fingerprint density at radius 3 is 2.10 bits per heavy atom. The molecule has 0 radical (unpaired) electrons. The largest absolute Gasteiger partial charge is 0.464 e. The van der Waals surface area contributed by atoms with Crippen LogP contribution in [0.3, 0.4) is 0 Å². The summed E-state index contributed by atoms with van der Waals surface area (Å²) in [4.78, 5) is 38.4. The zero-order valence-electron chi connectivity index (χ0n) is 22.9. The van der Waals surface area contributed by atoms with Crippen molar-refractivity contribution < 1.29 is 29.0 Å². The van der Waals surface area contributed by atoms with Crippen LogP contribution in [0.4, 0.5) is 9.59 Å². The number of aromatic nitrogens is 1. The average molecular weight is 541 g/mol. The van der Waals surface area contributed by atoms with Gasteiger partial charge in [0.1, 0.15) is 18.2 Å². The van der Waals surface area contributed by atoms with E-state index in [1.165, 1.54) is 4.57 Å². The molecule has 40 heavy (non-hydrogen) atoms. The van der Waals surface area contributed by atoms with Crippen molar-refractivity contribution in [2.75, 3.05) is 6.61 Å². The van der Waals surface area contributed by atoms with Gasteiger partial charge in [0.2, 0.25) is 0 Å². The third kappa shape index (κ3) is 5.17. The molecule has 0 fully saturated rings. The van der Waals surface area contributed by atoms with Gasteiger partial charge in [-0.05, 0) is 61.6 Å². The van der Waals surface area contributed by atoms with Gasteiger partial charge in [-0.3, -0.25) is 0 Å². The molecule has 0 saturated carbocycles. The van der Waals surface area contributed by atoms with Crippen LogP contribution in [0.25, 0.3) is 22.0 Å². The molecular formula is C32H32N2O6. The van der Waals surface area contributed by atoms with E-state index in [1.807, 2.05) is 36.4 Å². The van der Waals surface area contributed by atoms with Gasteiger partial charge in [0.15, 0.2) is 0 Å². The van der Waals surface area contributed by atoms with Gasteiger partial charge in [-0.15, -0.1) is 0 Å². The zero-order valence-corrected chi connectivity index (χ0v) is 22.9. The molecule has 0 bridgehead atoms. The smallest absolute Gasteiger partial charge is 0.416 e. The Kier molecular flexibility index (Phi) is 7.10. The number of carbonyl (C=O) groups excluding carboxylic acids is 2. The molecule has 206 valence electrons. The molecule has 0 spiro atoms. The Labute approximate surface area is 232 Å². The van der Waals surface area contributed by atoms with E-state index in [4.69, 9.17) is 9.47 Å². The van der Waals surface area contributed by atoms with Crippen LogP contribution in [0.5, 0.6) is 0 Å². The molecule has 4 aromatic rings. The number of nitrogens with one attached hydrogen (secondary N) is 1. The fraction of sp³-hybridized carbons (Fsp3) is 0.281. The van der Waals surface area contributed by atoms with E-state index in [2.05, 4.69) is 17.4 Å². The molecule has 8 nitrogen and oxygen atoms in total. The number of ether oxygens (including phenoxy) is 2. The first kappa shape index (κ1) is 27.0. The predicted molar refractivity (Wildman–Crippen MR) is 152 cm³/mol. The first-order valence-electron chi connectivity index (χ1n) is 13.2. The van der Waals surface area contributed by atoms with Gasteiger partial charge in [0.25, 0.3) is 0 Å². The van der Waals surface area contributed by atoms with Crippen LogP contribution in [0, 0.1) is 6.92 Å². The molecule has 8 heteroatoms. The minimum atomic E-state index is -1.13. The summed E-state index contributed by atoms with van der Waals surface area (Å²) in [5, 5.41) is 13.2. The van der Waals surface area contributed by atoms with Crippen molar-refractivity contribution in [2.24, 2.45) is 0 Å². The van der Waals surface area contributed by atoms with Gasteiger partial charge in [-0.1, -0.05) is 66.7 Å². The number of carboxylic acid groups (broad SMARTS) is 1. The second-order valence-electron chi connectivity index (χ2n) is 11.0. The number of hydrogen-bond acceptors (Lipinski definition) is 5. The maximum atomic E-state index is 13.3. The summed E-state index contributed by atoms with van der Waals surface area (Å²) < 4.78 is 12.5. The Morgan fingerprint density at radius 1 is 0.925 bits per heavy atom. The molecule has 1 heterocycles. The second-order valence-corrected chi connectivity index (χ2v) is 11.0. The number of nitrogens with zero attached hydrogens (tertiary/aromatic N) is 1. The van der Waals surface area contributed by atoms with Crippen molar-refractivity contribution in [3.63, 3.8) is 0 Å². The van der Waals surface area contributed by atoms with Crippen LogP contribution < -0.4 is 5.32 Å². The van der Waals surface area contributed by atoms with Crippen molar-refractivity contribution in [1.29, 1.82) is 0 Å². The summed E-state index contributed by atoms with van der Waals surface area (Å²) in [7, 11) is 0. The van der Waals surface area contributed by atoms with Crippen molar-refractivity contribution in [2.45, 2.75) is 51.7 Å². The lowest BCUT2D eigenvalue weighted by Gasteiger charge is -2.25. The number of rotatable bonds is 6. The fourth-order valence-corrected chi connectivity index (χ4v) is 5.49. The number of esters is 1. The maximum absolute atomic E-state index is 13.3. The van der Waals surface area contributed by atoms with E-state index in [0.29, 0.717) is 22.2 Å².